The molecule has 5 heteroatoms. The number of aryl methyl sites for hydroxylation is 1. The second kappa shape index (κ2) is 7.38. The summed E-state index contributed by atoms with van der Waals surface area (Å²) >= 11 is 3.41. The molecule has 0 radical (unpaired) electrons. The van der Waals surface area contributed by atoms with E-state index < -0.39 is 0 Å². The maximum atomic E-state index is 11.9. The van der Waals surface area contributed by atoms with E-state index in [-0.39, 0.29) is 10.7 Å². The summed E-state index contributed by atoms with van der Waals surface area (Å²) in [7, 11) is 3.22. The summed E-state index contributed by atoms with van der Waals surface area (Å²) in [5.74, 6) is 0.601. The van der Waals surface area contributed by atoms with Crippen molar-refractivity contribution in [1.82, 2.24) is 5.32 Å². The van der Waals surface area contributed by atoms with Gasteiger partial charge in [-0.15, -0.1) is 0 Å². The van der Waals surface area contributed by atoms with Gasteiger partial charge in [0.1, 0.15) is 5.75 Å². The Kier molecular flexibility index (Phi) is 6.15. The first-order valence-electron chi connectivity index (χ1n) is 5.64. The summed E-state index contributed by atoms with van der Waals surface area (Å²) < 4.78 is 10.2. The van der Waals surface area contributed by atoms with E-state index in [2.05, 4.69) is 21.2 Å². The summed E-state index contributed by atoms with van der Waals surface area (Å²) in [6.45, 7) is 3.01. The van der Waals surface area contributed by atoms with Gasteiger partial charge in [-0.1, -0.05) is 22.0 Å². The van der Waals surface area contributed by atoms with Crippen molar-refractivity contribution in [3.63, 3.8) is 0 Å². The highest BCUT2D eigenvalue weighted by Gasteiger charge is 2.10. The van der Waals surface area contributed by atoms with E-state index >= 15 is 0 Å². The van der Waals surface area contributed by atoms with Crippen molar-refractivity contribution in [3.05, 3.63) is 29.3 Å². The molecule has 1 atom stereocenters. The Labute approximate surface area is 116 Å². The Morgan fingerprint density at radius 2 is 2.17 bits per heavy atom. The number of nitrogens with one attached hydrogen (secondary N) is 1. The van der Waals surface area contributed by atoms with E-state index in [0.29, 0.717) is 18.7 Å². The molecule has 0 bridgehead atoms. The van der Waals surface area contributed by atoms with E-state index in [4.69, 9.17) is 9.47 Å². The van der Waals surface area contributed by atoms with Crippen LogP contribution in [0.5, 0.6) is 5.75 Å². The fraction of sp³-hybridized carbons (Fsp3) is 0.462. The summed E-state index contributed by atoms with van der Waals surface area (Å²) in [6.07, 6.45) is 0. The van der Waals surface area contributed by atoms with Crippen LogP contribution in [-0.2, 0) is 4.74 Å². The highest BCUT2D eigenvalue weighted by Crippen LogP contribution is 2.18. The van der Waals surface area contributed by atoms with Gasteiger partial charge in [-0.2, -0.15) is 0 Å². The Balaban J connectivity index is 2.61. The second-order valence-electron chi connectivity index (χ2n) is 3.95. The molecule has 0 aliphatic carbocycles. The SMILES string of the molecule is COCC(Br)CNC(=O)c1ccc(C)c(OC)c1. The predicted octanol–water partition coefficient (Wildman–Crippen LogP) is 2.14. The van der Waals surface area contributed by atoms with Crippen LogP contribution in [0.3, 0.4) is 0 Å². The number of ether oxygens (including phenoxy) is 2. The highest BCUT2D eigenvalue weighted by atomic mass is 79.9. The monoisotopic (exact) mass is 315 g/mol. The molecule has 1 rings (SSSR count). The van der Waals surface area contributed by atoms with Crippen LogP contribution in [0.4, 0.5) is 0 Å². The van der Waals surface area contributed by atoms with Gasteiger partial charge in [0.05, 0.1) is 18.5 Å². The molecule has 1 unspecified atom stereocenters. The Bertz CT molecular complexity index is 409. The van der Waals surface area contributed by atoms with Crippen LogP contribution in [0.1, 0.15) is 15.9 Å². The van der Waals surface area contributed by atoms with Gasteiger partial charge < -0.3 is 14.8 Å². The van der Waals surface area contributed by atoms with Gasteiger partial charge in [0.2, 0.25) is 0 Å². The Morgan fingerprint density at radius 3 is 2.78 bits per heavy atom. The summed E-state index contributed by atoms with van der Waals surface area (Å²) in [5.41, 5.74) is 1.60. The zero-order chi connectivity index (χ0) is 13.5. The number of benzene rings is 1. The summed E-state index contributed by atoms with van der Waals surface area (Å²) in [4.78, 5) is 12.0. The lowest BCUT2D eigenvalue weighted by atomic mass is 10.1. The molecule has 0 heterocycles. The molecule has 1 N–H and O–H groups in total. The van der Waals surface area contributed by atoms with E-state index in [0.717, 1.165) is 11.3 Å². The van der Waals surface area contributed by atoms with Gasteiger partial charge in [-0.3, -0.25) is 4.79 Å². The molecule has 0 spiro atoms. The molecule has 18 heavy (non-hydrogen) atoms. The lowest BCUT2D eigenvalue weighted by Gasteiger charge is -2.11. The quantitative estimate of drug-likeness (QED) is 0.818. The van der Waals surface area contributed by atoms with Crippen molar-refractivity contribution in [2.45, 2.75) is 11.8 Å². The maximum Gasteiger partial charge on any atom is 0.251 e. The maximum absolute atomic E-state index is 11.9. The minimum absolute atomic E-state index is 0.110. The van der Waals surface area contributed by atoms with Crippen LogP contribution in [0.15, 0.2) is 18.2 Å². The van der Waals surface area contributed by atoms with Crippen LogP contribution in [0, 0.1) is 6.92 Å². The molecule has 0 aliphatic heterocycles. The summed E-state index contributed by atoms with van der Waals surface area (Å²) in [6, 6.07) is 5.39. The number of rotatable bonds is 6. The van der Waals surface area contributed by atoms with Crippen LogP contribution in [0.25, 0.3) is 0 Å². The molecule has 0 fully saturated rings. The average Bonchev–Trinajstić information content (AvgIpc) is 2.37. The molecule has 4 nitrogen and oxygen atoms in total. The zero-order valence-corrected chi connectivity index (χ0v) is 12.4. The Hall–Kier alpha value is -1.07. The molecule has 0 aromatic heterocycles. The third-order valence-corrected chi connectivity index (χ3v) is 3.09. The molecular weight excluding hydrogens is 298 g/mol. The van der Waals surface area contributed by atoms with Crippen molar-refractivity contribution in [1.29, 1.82) is 0 Å². The van der Waals surface area contributed by atoms with Gasteiger partial charge in [-0.25, -0.2) is 0 Å². The topological polar surface area (TPSA) is 47.6 Å². The highest BCUT2D eigenvalue weighted by molar-refractivity contribution is 9.09. The molecule has 0 aliphatic rings. The fourth-order valence-electron chi connectivity index (χ4n) is 1.51. The predicted molar refractivity (Wildman–Crippen MR) is 74.7 cm³/mol. The van der Waals surface area contributed by atoms with Crippen LogP contribution < -0.4 is 10.1 Å². The van der Waals surface area contributed by atoms with Crippen molar-refractivity contribution in [2.75, 3.05) is 27.4 Å². The number of carbonyl (C=O) groups excluding carboxylic acids is 1. The lowest BCUT2D eigenvalue weighted by Crippen LogP contribution is -2.31. The van der Waals surface area contributed by atoms with E-state index in [9.17, 15) is 4.79 Å². The number of hydrogen-bond acceptors (Lipinski definition) is 3. The zero-order valence-electron chi connectivity index (χ0n) is 10.8. The van der Waals surface area contributed by atoms with Crippen molar-refractivity contribution >= 4 is 21.8 Å². The third-order valence-electron chi connectivity index (χ3n) is 2.50. The second-order valence-corrected chi connectivity index (χ2v) is 5.24. The third kappa shape index (κ3) is 4.31. The first-order valence-corrected chi connectivity index (χ1v) is 6.56. The molecular formula is C13H18BrNO3. The van der Waals surface area contributed by atoms with E-state index in [1.807, 2.05) is 13.0 Å². The Morgan fingerprint density at radius 1 is 1.44 bits per heavy atom. The van der Waals surface area contributed by atoms with Crippen LogP contribution in [0.2, 0.25) is 0 Å². The first-order chi connectivity index (χ1) is 8.58. The van der Waals surface area contributed by atoms with Crippen LogP contribution >= 0.6 is 15.9 Å². The lowest BCUT2D eigenvalue weighted by molar-refractivity contribution is 0.0949. The van der Waals surface area contributed by atoms with Gasteiger partial charge in [0.25, 0.3) is 5.91 Å². The number of hydrogen-bond donors (Lipinski definition) is 1. The first kappa shape index (κ1) is 15.0. The largest absolute Gasteiger partial charge is 0.496 e. The normalized spacial score (nSPS) is 12.0. The number of halogens is 1. The van der Waals surface area contributed by atoms with E-state index in [1.54, 1.807) is 26.4 Å². The van der Waals surface area contributed by atoms with Crippen molar-refractivity contribution in [3.8, 4) is 5.75 Å². The molecule has 1 aromatic carbocycles. The van der Waals surface area contributed by atoms with Crippen LogP contribution in [-0.4, -0.2) is 38.1 Å². The average molecular weight is 316 g/mol. The van der Waals surface area contributed by atoms with E-state index in [1.165, 1.54) is 0 Å². The van der Waals surface area contributed by atoms with Gasteiger partial charge in [-0.05, 0) is 24.6 Å². The summed E-state index contributed by atoms with van der Waals surface area (Å²) in [5, 5.41) is 2.83. The fourth-order valence-corrected chi connectivity index (χ4v) is 1.93. The van der Waals surface area contributed by atoms with Gasteiger partial charge >= 0.3 is 0 Å². The van der Waals surface area contributed by atoms with Gasteiger partial charge in [0.15, 0.2) is 0 Å². The number of methoxy groups -OCH3 is 2. The molecule has 1 amide bonds. The number of amides is 1. The molecule has 1 aromatic rings. The molecule has 0 saturated carbocycles. The van der Waals surface area contributed by atoms with Crippen molar-refractivity contribution < 1.29 is 14.3 Å². The molecule has 0 saturated heterocycles. The molecule has 100 valence electrons. The number of alkyl halides is 1. The minimum Gasteiger partial charge on any atom is -0.496 e. The minimum atomic E-state index is -0.117. The smallest absolute Gasteiger partial charge is 0.251 e. The standard InChI is InChI=1S/C13H18BrNO3/c1-9-4-5-10(6-12(9)18-3)13(16)15-7-11(14)8-17-2/h4-6,11H,7-8H2,1-3H3,(H,15,16). The number of carbonyl (C=O) groups is 1. The van der Waals surface area contributed by atoms with Gasteiger partial charge in [0, 0.05) is 19.2 Å². The van der Waals surface area contributed by atoms with Crippen molar-refractivity contribution in [2.24, 2.45) is 0 Å².